The van der Waals surface area contributed by atoms with Crippen molar-refractivity contribution in [1.29, 1.82) is 0 Å². The largest absolute Gasteiger partial charge is 0.374 e. The Morgan fingerprint density at radius 3 is 1.88 bits per heavy atom. The number of hydrogen-bond donors (Lipinski definition) is 0. The van der Waals surface area contributed by atoms with Gasteiger partial charge in [0.05, 0.1) is 12.7 Å². The van der Waals surface area contributed by atoms with Gasteiger partial charge in [-0.05, 0) is 67.7 Å². The Balaban J connectivity index is 1.51. The van der Waals surface area contributed by atoms with Gasteiger partial charge in [0.25, 0.3) is 0 Å². The fraction of sp³-hybridized carbons (Fsp3) is 0.310. The molecule has 0 amide bonds. The lowest BCUT2D eigenvalue weighted by Crippen LogP contribution is -2.21. The van der Waals surface area contributed by atoms with Crippen LogP contribution in [0.4, 0.5) is 17.6 Å². The minimum atomic E-state index is -0.920. The van der Waals surface area contributed by atoms with Crippen LogP contribution in [0, 0.1) is 30.2 Å². The summed E-state index contributed by atoms with van der Waals surface area (Å²) in [6.07, 6.45) is 7.21. The van der Waals surface area contributed by atoms with Crippen molar-refractivity contribution in [1.82, 2.24) is 0 Å². The van der Waals surface area contributed by atoms with E-state index in [1.807, 2.05) is 19.1 Å². The molecule has 3 aromatic rings. The van der Waals surface area contributed by atoms with Gasteiger partial charge in [0.1, 0.15) is 0 Å². The predicted molar refractivity (Wildman–Crippen MR) is 128 cm³/mol. The number of hydrogen-bond acceptors (Lipinski definition) is 1. The molecule has 34 heavy (non-hydrogen) atoms. The first-order valence-electron chi connectivity index (χ1n) is 11.7. The number of ether oxygens (including phenoxy) is 1. The van der Waals surface area contributed by atoms with E-state index < -0.39 is 23.3 Å². The highest BCUT2D eigenvalue weighted by Crippen LogP contribution is 2.38. The average Bonchev–Trinajstić information content (AvgIpc) is 2.85. The van der Waals surface area contributed by atoms with Crippen molar-refractivity contribution in [2.45, 2.75) is 51.6 Å². The average molecular weight is 469 g/mol. The molecule has 0 N–H and O–H groups in total. The molecule has 3 aromatic carbocycles. The van der Waals surface area contributed by atoms with Gasteiger partial charge in [-0.2, -0.15) is 0 Å². The zero-order valence-electron chi connectivity index (χ0n) is 19.4. The summed E-state index contributed by atoms with van der Waals surface area (Å²) in [4.78, 5) is 0. The maximum atomic E-state index is 15.1. The molecule has 1 saturated carbocycles. The van der Waals surface area contributed by atoms with E-state index in [2.05, 4.69) is 0 Å². The lowest BCUT2D eigenvalue weighted by molar-refractivity contribution is 0.0419. The molecule has 0 aliphatic heterocycles. The molecule has 0 bridgehead atoms. The fourth-order valence-corrected chi connectivity index (χ4v) is 4.63. The van der Waals surface area contributed by atoms with Gasteiger partial charge in [0, 0.05) is 11.1 Å². The third-order valence-corrected chi connectivity index (χ3v) is 6.67. The second-order valence-electron chi connectivity index (χ2n) is 8.84. The summed E-state index contributed by atoms with van der Waals surface area (Å²) in [6.45, 7) is 4.02. The van der Waals surface area contributed by atoms with Gasteiger partial charge >= 0.3 is 0 Å². The topological polar surface area (TPSA) is 9.23 Å². The third-order valence-electron chi connectivity index (χ3n) is 6.67. The van der Waals surface area contributed by atoms with Crippen LogP contribution in [-0.4, -0.2) is 12.7 Å². The maximum absolute atomic E-state index is 15.1. The van der Waals surface area contributed by atoms with Crippen LogP contribution in [0.3, 0.4) is 0 Å². The highest BCUT2D eigenvalue weighted by Gasteiger charge is 2.27. The first-order chi connectivity index (χ1) is 16.4. The van der Waals surface area contributed by atoms with E-state index in [1.54, 1.807) is 36.4 Å². The molecule has 0 heterocycles. The van der Waals surface area contributed by atoms with Crippen molar-refractivity contribution in [3.05, 3.63) is 95.1 Å². The van der Waals surface area contributed by atoms with Crippen molar-refractivity contribution in [3.8, 4) is 22.3 Å². The zero-order valence-corrected chi connectivity index (χ0v) is 19.4. The molecule has 1 fully saturated rings. The second kappa shape index (κ2) is 10.6. The second-order valence-corrected chi connectivity index (χ2v) is 8.84. The van der Waals surface area contributed by atoms with Crippen LogP contribution in [0.2, 0.25) is 0 Å². The SMILES string of the molecule is C/C=C/COC1CCC(c2ccc(-c3ccc(-c4ccc(C)c(F)c4F)cc3)c(F)c2F)CC1. The summed E-state index contributed by atoms with van der Waals surface area (Å²) < 4.78 is 64.1. The van der Waals surface area contributed by atoms with Crippen molar-refractivity contribution < 1.29 is 22.3 Å². The van der Waals surface area contributed by atoms with Gasteiger partial charge < -0.3 is 4.74 Å². The van der Waals surface area contributed by atoms with Crippen LogP contribution >= 0.6 is 0 Å². The molecule has 178 valence electrons. The molecule has 0 aromatic heterocycles. The number of benzene rings is 3. The summed E-state index contributed by atoms with van der Waals surface area (Å²) in [5.74, 6) is -3.54. The van der Waals surface area contributed by atoms with Crippen LogP contribution < -0.4 is 0 Å². The van der Waals surface area contributed by atoms with Gasteiger partial charge in [-0.15, -0.1) is 0 Å². The van der Waals surface area contributed by atoms with Crippen LogP contribution in [0.25, 0.3) is 22.3 Å². The Kier molecular flexibility index (Phi) is 7.52. The number of halogens is 4. The fourth-order valence-electron chi connectivity index (χ4n) is 4.63. The Bertz CT molecular complexity index is 1180. The van der Waals surface area contributed by atoms with Crippen molar-refractivity contribution in [2.75, 3.05) is 6.61 Å². The first-order valence-corrected chi connectivity index (χ1v) is 11.7. The predicted octanol–water partition coefficient (Wildman–Crippen LogP) is 8.50. The third kappa shape index (κ3) is 4.95. The number of rotatable bonds is 6. The van der Waals surface area contributed by atoms with E-state index in [-0.39, 0.29) is 28.7 Å². The van der Waals surface area contributed by atoms with Crippen LogP contribution in [-0.2, 0) is 4.74 Å². The van der Waals surface area contributed by atoms with Crippen LogP contribution in [0.1, 0.15) is 49.7 Å². The Hall–Kier alpha value is -2.92. The van der Waals surface area contributed by atoms with Gasteiger partial charge in [-0.25, -0.2) is 17.6 Å². The Labute approximate surface area is 198 Å². The molecule has 1 aliphatic carbocycles. The zero-order chi connectivity index (χ0) is 24.2. The highest BCUT2D eigenvalue weighted by molar-refractivity contribution is 5.71. The molecule has 0 spiro atoms. The van der Waals surface area contributed by atoms with E-state index in [1.165, 1.54) is 19.1 Å². The number of allylic oxidation sites excluding steroid dienone is 1. The van der Waals surface area contributed by atoms with Crippen molar-refractivity contribution >= 4 is 0 Å². The first kappa shape index (κ1) is 24.2. The monoisotopic (exact) mass is 468 g/mol. The van der Waals surface area contributed by atoms with Crippen LogP contribution in [0.5, 0.6) is 0 Å². The molecule has 0 saturated heterocycles. The molecular weight excluding hydrogens is 440 g/mol. The highest BCUT2D eigenvalue weighted by atomic mass is 19.2. The standard InChI is InChI=1S/C29H28F4O/c1-3-4-17-34-22-12-10-21(11-13-22)25-16-15-24(28(32)29(25)33)20-8-6-19(7-9-20)23-14-5-18(2)26(30)27(23)31/h3-9,14-16,21-22H,10-13,17H2,1-2H3/b4-3+. The van der Waals surface area contributed by atoms with E-state index >= 15 is 8.78 Å². The summed E-state index contributed by atoms with van der Waals surface area (Å²) in [5, 5.41) is 0. The van der Waals surface area contributed by atoms with E-state index in [0.29, 0.717) is 23.3 Å². The Morgan fingerprint density at radius 2 is 1.29 bits per heavy atom. The van der Waals surface area contributed by atoms with E-state index in [0.717, 1.165) is 25.7 Å². The van der Waals surface area contributed by atoms with Crippen molar-refractivity contribution in [3.63, 3.8) is 0 Å². The molecular formula is C29H28F4O. The number of aryl methyl sites for hydroxylation is 1. The van der Waals surface area contributed by atoms with E-state index in [9.17, 15) is 8.78 Å². The normalized spacial score (nSPS) is 18.5. The molecule has 1 nitrogen and oxygen atoms in total. The quantitative estimate of drug-likeness (QED) is 0.260. The summed E-state index contributed by atoms with van der Waals surface area (Å²) >= 11 is 0. The summed E-state index contributed by atoms with van der Waals surface area (Å²) in [7, 11) is 0. The van der Waals surface area contributed by atoms with E-state index in [4.69, 9.17) is 4.74 Å². The molecule has 0 radical (unpaired) electrons. The molecule has 1 aliphatic rings. The molecule has 0 unspecified atom stereocenters. The smallest absolute Gasteiger partial charge is 0.166 e. The van der Waals surface area contributed by atoms with Crippen molar-refractivity contribution in [2.24, 2.45) is 0 Å². The molecule has 5 heteroatoms. The van der Waals surface area contributed by atoms with Gasteiger partial charge in [-0.3, -0.25) is 0 Å². The van der Waals surface area contributed by atoms with Gasteiger partial charge in [0.2, 0.25) is 0 Å². The molecule has 4 rings (SSSR count). The maximum Gasteiger partial charge on any atom is 0.166 e. The summed E-state index contributed by atoms with van der Waals surface area (Å²) in [5.41, 5.74) is 1.84. The lowest BCUT2D eigenvalue weighted by atomic mass is 9.82. The minimum absolute atomic E-state index is 0.0353. The van der Waals surface area contributed by atoms with Gasteiger partial charge in [0.15, 0.2) is 23.3 Å². The van der Waals surface area contributed by atoms with Crippen LogP contribution in [0.15, 0.2) is 60.7 Å². The lowest BCUT2D eigenvalue weighted by Gasteiger charge is -2.29. The minimum Gasteiger partial charge on any atom is -0.374 e. The van der Waals surface area contributed by atoms with Gasteiger partial charge in [-0.1, -0.05) is 60.7 Å². The Morgan fingerprint density at radius 1 is 0.735 bits per heavy atom. The summed E-state index contributed by atoms with van der Waals surface area (Å²) in [6, 6.07) is 12.7. The molecule has 0 atom stereocenters.